The van der Waals surface area contributed by atoms with Gasteiger partial charge < -0.3 is 10.2 Å². The Hall–Kier alpha value is -1.39. The third kappa shape index (κ3) is 3.28. The molecule has 0 aliphatic rings. The number of rotatable bonds is 5. The zero-order valence-electron chi connectivity index (χ0n) is 9.31. The van der Waals surface area contributed by atoms with Crippen molar-refractivity contribution in [3.63, 3.8) is 0 Å². The lowest BCUT2D eigenvalue weighted by Crippen LogP contribution is -2.15. The van der Waals surface area contributed by atoms with Crippen LogP contribution in [0.3, 0.4) is 0 Å². The third-order valence-electron chi connectivity index (χ3n) is 2.36. The second-order valence-electron chi connectivity index (χ2n) is 3.69. The van der Waals surface area contributed by atoms with Crippen molar-refractivity contribution in [2.24, 2.45) is 0 Å². The molecule has 1 aromatic carbocycles. The minimum Gasteiger partial charge on any atom is -0.479 e. The molecule has 0 aliphatic carbocycles. The molecule has 0 amide bonds. The van der Waals surface area contributed by atoms with E-state index < -0.39 is 12.1 Å². The molecule has 1 aromatic rings. The van der Waals surface area contributed by atoms with Crippen LogP contribution in [0.25, 0.3) is 0 Å². The van der Waals surface area contributed by atoms with Crippen LogP contribution in [0, 0.1) is 6.92 Å². The highest BCUT2D eigenvalue weighted by molar-refractivity contribution is 6.19. The van der Waals surface area contributed by atoms with Crippen molar-refractivity contribution in [1.29, 1.82) is 0 Å². The fourth-order valence-corrected chi connectivity index (χ4v) is 1.68. The Bertz CT molecular complexity index is 442. The number of benzene rings is 1. The summed E-state index contributed by atoms with van der Waals surface area (Å²) < 4.78 is 0. The molecule has 0 fully saturated rings. The van der Waals surface area contributed by atoms with Gasteiger partial charge in [-0.1, -0.05) is 17.7 Å². The highest BCUT2D eigenvalue weighted by atomic mass is 35.5. The van der Waals surface area contributed by atoms with Gasteiger partial charge >= 0.3 is 5.97 Å². The number of aliphatic hydroxyl groups is 1. The summed E-state index contributed by atoms with van der Waals surface area (Å²) in [6.45, 7) is 1.79. The molecule has 17 heavy (non-hydrogen) atoms. The summed E-state index contributed by atoms with van der Waals surface area (Å²) in [5.41, 5.74) is 1.16. The molecular weight excluding hydrogens is 244 g/mol. The molecular formula is C12H13ClO4. The van der Waals surface area contributed by atoms with E-state index in [9.17, 15) is 14.7 Å². The molecule has 4 nitrogen and oxygen atoms in total. The molecule has 0 radical (unpaired) electrons. The maximum atomic E-state index is 11.8. The van der Waals surface area contributed by atoms with Crippen molar-refractivity contribution in [3.8, 4) is 0 Å². The monoisotopic (exact) mass is 256 g/mol. The first-order valence-corrected chi connectivity index (χ1v) is 5.61. The van der Waals surface area contributed by atoms with Crippen LogP contribution in [-0.2, 0) is 4.79 Å². The fourth-order valence-electron chi connectivity index (χ4n) is 1.50. The maximum absolute atomic E-state index is 11.8. The van der Waals surface area contributed by atoms with Crippen LogP contribution >= 0.6 is 11.6 Å². The number of Topliss-reactive ketones (excluding diaryl/α,β-unsaturated/α-hetero) is 1. The standard InChI is InChI=1S/C12H13ClO4/c1-7-2-3-8(11(15)12(16)17)9(6-7)10(14)4-5-13/h2-3,6,11,15H,4-5H2,1H3,(H,16,17). The van der Waals surface area contributed by atoms with E-state index >= 15 is 0 Å². The molecule has 0 saturated carbocycles. The van der Waals surface area contributed by atoms with Gasteiger partial charge in [0.05, 0.1) is 0 Å². The average Bonchev–Trinajstić information content (AvgIpc) is 2.28. The summed E-state index contributed by atoms with van der Waals surface area (Å²) in [6.07, 6.45) is -1.57. The molecule has 0 bridgehead atoms. The van der Waals surface area contributed by atoms with E-state index in [1.54, 1.807) is 19.1 Å². The van der Waals surface area contributed by atoms with Gasteiger partial charge in [-0.2, -0.15) is 0 Å². The topological polar surface area (TPSA) is 74.6 Å². The SMILES string of the molecule is Cc1ccc(C(O)C(=O)O)c(C(=O)CCCl)c1. The lowest BCUT2D eigenvalue weighted by atomic mass is 9.96. The lowest BCUT2D eigenvalue weighted by Gasteiger charge is -2.12. The number of aliphatic hydroxyl groups excluding tert-OH is 1. The molecule has 92 valence electrons. The summed E-state index contributed by atoms with van der Waals surface area (Å²) >= 11 is 5.48. The number of ketones is 1. The maximum Gasteiger partial charge on any atom is 0.337 e. The zero-order valence-corrected chi connectivity index (χ0v) is 10.1. The Morgan fingerprint density at radius 1 is 1.41 bits per heavy atom. The summed E-state index contributed by atoms with van der Waals surface area (Å²) in [5, 5.41) is 18.3. The van der Waals surface area contributed by atoms with E-state index in [2.05, 4.69) is 0 Å². The van der Waals surface area contributed by atoms with Crippen LogP contribution in [0.1, 0.15) is 34.0 Å². The first-order chi connectivity index (χ1) is 7.97. The van der Waals surface area contributed by atoms with Crippen LogP contribution in [0.2, 0.25) is 0 Å². The van der Waals surface area contributed by atoms with Gasteiger partial charge in [0.2, 0.25) is 0 Å². The number of carbonyl (C=O) groups excluding carboxylic acids is 1. The Balaban J connectivity index is 3.21. The van der Waals surface area contributed by atoms with E-state index in [1.807, 2.05) is 0 Å². The number of aliphatic carboxylic acids is 1. The van der Waals surface area contributed by atoms with Gasteiger partial charge in [0.15, 0.2) is 11.9 Å². The van der Waals surface area contributed by atoms with E-state index in [0.717, 1.165) is 5.56 Å². The van der Waals surface area contributed by atoms with Crippen LogP contribution in [-0.4, -0.2) is 27.8 Å². The number of hydrogen-bond donors (Lipinski definition) is 2. The van der Waals surface area contributed by atoms with Crippen molar-refractivity contribution in [1.82, 2.24) is 0 Å². The average molecular weight is 257 g/mol. The summed E-state index contributed by atoms with van der Waals surface area (Å²) in [7, 11) is 0. The number of aryl methyl sites for hydroxylation is 1. The minimum atomic E-state index is -1.69. The summed E-state index contributed by atoms with van der Waals surface area (Å²) in [5.74, 6) is -1.48. The second kappa shape index (κ2) is 5.80. The van der Waals surface area contributed by atoms with E-state index in [-0.39, 0.29) is 29.2 Å². The molecule has 0 spiro atoms. The Morgan fingerprint density at radius 2 is 2.06 bits per heavy atom. The molecule has 1 rings (SSSR count). The van der Waals surface area contributed by atoms with Crippen molar-refractivity contribution in [2.75, 3.05) is 5.88 Å². The molecule has 0 aromatic heterocycles. The number of carbonyl (C=O) groups is 2. The Morgan fingerprint density at radius 3 is 2.59 bits per heavy atom. The van der Waals surface area contributed by atoms with Crippen LogP contribution in [0.15, 0.2) is 18.2 Å². The smallest absolute Gasteiger partial charge is 0.337 e. The highest BCUT2D eigenvalue weighted by Gasteiger charge is 2.22. The predicted octanol–water partition coefficient (Wildman–Crippen LogP) is 1.92. The minimum absolute atomic E-state index is 0.109. The molecule has 1 atom stereocenters. The van der Waals surface area contributed by atoms with Crippen molar-refractivity contribution < 1.29 is 19.8 Å². The van der Waals surface area contributed by atoms with Crippen LogP contribution in [0.4, 0.5) is 0 Å². The second-order valence-corrected chi connectivity index (χ2v) is 4.07. The van der Waals surface area contributed by atoms with Gasteiger partial charge in [-0.25, -0.2) is 4.79 Å². The Labute approximate surface area is 104 Å². The van der Waals surface area contributed by atoms with Crippen LogP contribution in [0.5, 0.6) is 0 Å². The number of carboxylic acids is 1. The number of carboxylic acid groups (broad SMARTS) is 1. The fraction of sp³-hybridized carbons (Fsp3) is 0.333. The number of halogens is 1. The lowest BCUT2D eigenvalue weighted by molar-refractivity contribution is -0.146. The first kappa shape index (κ1) is 13.7. The van der Waals surface area contributed by atoms with Crippen molar-refractivity contribution in [2.45, 2.75) is 19.4 Å². The third-order valence-corrected chi connectivity index (χ3v) is 2.55. The van der Waals surface area contributed by atoms with Gasteiger partial charge in [-0.15, -0.1) is 11.6 Å². The molecule has 0 saturated heterocycles. The molecule has 1 unspecified atom stereocenters. The van der Waals surface area contributed by atoms with Gasteiger partial charge in [0.1, 0.15) is 0 Å². The van der Waals surface area contributed by atoms with Gasteiger partial charge in [0, 0.05) is 23.4 Å². The normalized spacial score (nSPS) is 12.2. The van der Waals surface area contributed by atoms with Gasteiger partial charge in [-0.05, 0) is 13.0 Å². The van der Waals surface area contributed by atoms with Crippen LogP contribution < -0.4 is 0 Å². The van der Waals surface area contributed by atoms with Gasteiger partial charge in [0.25, 0.3) is 0 Å². The largest absolute Gasteiger partial charge is 0.479 e. The van der Waals surface area contributed by atoms with E-state index in [1.165, 1.54) is 6.07 Å². The number of alkyl halides is 1. The summed E-state index contributed by atoms with van der Waals surface area (Å²) in [6, 6.07) is 4.67. The first-order valence-electron chi connectivity index (χ1n) is 5.08. The highest BCUT2D eigenvalue weighted by Crippen LogP contribution is 2.21. The van der Waals surface area contributed by atoms with E-state index in [0.29, 0.717) is 0 Å². The summed E-state index contributed by atoms with van der Waals surface area (Å²) in [4.78, 5) is 22.5. The molecule has 2 N–H and O–H groups in total. The Kier molecular flexibility index (Phi) is 4.66. The number of hydrogen-bond acceptors (Lipinski definition) is 3. The zero-order chi connectivity index (χ0) is 13.0. The van der Waals surface area contributed by atoms with Crippen molar-refractivity contribution >= 4 is 23.4 Å². The molecule has 5 heteroatoms. The van der Waals surface area contributed by atoms with E-state index in [4.69, 9.17) is 16.7 Å². The van der Waals surface area contributed by atoms with Crippen molar-refractivity contribution in [3.05, 3.63) is 34.9 Å². The molecule has 0 heterocycles. The van der Waals surface area contributed by atoms with Gasteiger partial charge in [-0.3, -0.25) is 4.79 Å². The quantitative estimate of drug-likeness (QED) is 0.624. The predicted molar refractivity (Wildman–Crippen MR) is 63.4 cm³/mol. The molecule has 0 aliphatic heterocycles.